The molecule has 0 radical (unpaired) electrons. The van der Waals surface area contributed by atoms with Crippen LogP contribution in [0.4, 0.5) is 0 Å². The maximum Gasteiger partial charge on any atom is 0.0239 e. The summed E-state index contributed by atoms with van der Waals surface area (Å²) >= 11 is 0. The fraction of sp³-hybridized carbons (Fsp3) is 0.600. The maximum absolute atomic E-state index is 3.41. The minimum Gasteiger partial charge on any atom is -0.313 e. The Balaban J connectivity index is 2.74. The van der Waals surface area contributed by atoms with Crippen molar-refractivity contribution in [1.29, 1.82) is 0 Å². The summed E-state index contributed by atoms with van der Waals surface area (Å²) in [6.07, 6.45) is 0. The van der Waals surface area contributed by atoms with Gasteiger partial charge in [-0.3, -0.25) is 4.90 Å². The second kappa shape index (κ2) is 7.46. The van der Waals surface area contributed by atoms with Gasteiger partial charge in [-0.15, -0.1) is 0 Å². The number of nitrogens with zero attached hydrogens (tertiary/aromatic N) is 1. The molecular formula is C15H26N2. The normalized spacial score (nSPS) is 11.4. The topological polar surface area (TPSA) is 15.3 Å². The third kappa shape index (κ3) is 4.49. The van der Waals surface area contributed by atoms with Crippen molar-refractivity contribution < 1.29 is 0 Å². The van der Waals surface area contributed by atoms with E-state index < -0.39 is 0 Å². The Morgan fingerprint density at radius 2 is 1.76 bits per heavy atom. The summed E-state index contributed by atoms with van der Waals surface area (Å²) in [6.45, 7) is 13.1. The van der Waals surface area contributed by atoms with Gasteiger partial charge in [0.25, 0.3) is 0 Å². The van der Waals surface area contributed by atoms with Crippen LogP contribution >= 0.6 is 0 Å². The first-order valence-electron chi connectivity index (χ1n) is 6.70. The van der Waals surface area contributed by atoms with E-state index in [0.717, 1.165) is 26.2 Å². The van der Waals surface area contributed by atoms with Crippen LogP contribution in [0.25, 0.3) is 0 Å². The molecule has 0 aliphatic heterocycles. The lowest BCUT2D eigenvalue weighted by Gasteiger charge is -2.26. The van der Waals surface area contributed by atoms with Crippen molar-refractivity contribution in [2.75, 3.05) is 13.1 Å². The molecule has 0 aliphatic carbocycles. The summed E-state index contributed by atoms with van der Waals surface area (Å²) in [7, 11) is 0. The number of hydrogen-bond donors (Lipinski definition) is 1. The van der Waals surface area contributed by atoms with Gasteiger partial charge in [0.15, 0.2) is 0 Å². The van der Waals surface area contributed by atoms with Gasteiger partial charge in [0, 0.05) is 19.1 Å². The molecule has 2 heteroatoms. The molecule has 2 nitrogen and oxygen atoms in total. The Labute approximate surface area is 106 Å². The lowest BCUT2D eigenvalue weighted by Crippen LogP contribution is -2.30. The van der Waals surface area contributed by atoms with Gasteiger partial charge in [0.05, 0.1) is 0 Å². The van der Waals surface area contributed by atoms with Gasteiger partial charge in [0.1, 0.15) is 0 Å². The zero-order valence-electron chi connectivity index (χ0n) is 11.7. The molecule has 0 saturated heterocycles. The highest BCUT2D eigenvalue weighted by Crippen LogP contribution is 2.13. The molecule has 0 spiro atoms. The average Bonchev–Trinajstić information content (AvgIpc) is 2.34. The van der Waals surface area contributed by atoms with Crippen LogP contribution in [0, 0.1) is 0 Å². The molecule has 0 aromatic heterocycles. The lowest BCUT2D eigenvalue weighted by atomic mass is 10.1. The molecule has 0 saturated carbocycles. The molecule has 1 aromatic rings. The van der Waals surface area contributed by atoms with Crippen LogP contribution in [0.5, 0.6) is 0 Å². The van der Waals surface area contributed by atoms with E-state index in [1.165, 1.54) is 11.1 Å². The Morgan fingerprint density at radius 1 is 1.12 bits per heavy atom. The second-order valence-corrected chi connectivity index (χ2v) is 4.71. The summed E-state index contributed by atoms with van der Waals surface area (Å²) in [5.74, 6) is 0. The fourth-order valence-electron chi connectivity index (χ4n) is 2.02. The van der Waals surface area contributed by atoms with Gasteiger partial charge in [-0.05, 0) is 38.1 Å². The molecule has 0 heterocycles. The van der Waals surface area contributed by atoms with E-state index in [1.807, 2.05) is 0 Å². The van der Waals surface area contributed by atoms with Crippen molar-refractivity contribution in [2.24, 2.45) is 0 Å². The van der Waals surface area contributed by atoms with Crippen molar-refractivity contribution in [3.05, 3.63) is 35.4 Å². The van der Waals surface area contributed by atoms with Crippen molar-refractivity contribution >= 4 is 0 Å². The van der Waals surface area contributed by atoms with Crippen LogP contribution in [0.1, 0.15) is 38.8 Å². The van der Waals surface area contributed by atoms with Gasteiger partial charge < -0.3 is 5.32 Å². The molecule has 0 fully saturated rings. The predicted molar refractivity (Wildman–Crippen MR) is 75.0 cm³/mol. The van der Waals surface area contributed by atoms with Gasteiger partial charge in [-0.2, -0.15) is 0 Å². The first-order chi connectivity index (χ1) is 8.19. The number of nitrogens with one attached hydrogen (secondary N) is 1. The summed E-state index contributed by atoms with van der Waals surface area (Å²) in [4.78, 5) is 2.49. The Hall–Kier alpha value is -0.860. The van der Waals surface area contributed by atoms with E-state index in [0.29, 0.717) is 6.04 Å². The Morgan fingerprint density at radius 3 is 2.29 bits per heavy atom. The van der Waals surface area contributed by atoms with Crippen molar-refractivity contribution in [2.45, 2.75) is 46.8 Å². The van der Waals surface area contributed by atoms with Gasteiger partial charge in [0.2, 0.25) is 0 Å². The summed E-state index contributed by atoms with van der Waals surface area (Å²) in [5.41, 5.74) is 2.87. The fourth-order valence-corrected chi connectivity index (χ4v) is 2.02. The van der Waals surface area contributed by atoms with E-state index in [9.17, 15) is 0 Å². The van der Waals surface area contributed by atoms with Gasteiger partial charge >= 0.3 is 0 Å². The van der Waals surface area contributed by atoms with Gasteiger partial charge in [-0.1, -0.05) is 38.1 Å². The van der Waals surface area contributed by atoms with E-state index >= 15 is 0 Å². The van der Waals surface area contributed by atoms with Crippen LogP contribution in [0.15, 0.2) is 24.3 Å². The van der Waals surface area contributed by atoms with Crippen LogP contribution < -0.4 is 5.32 Å². The third-order valence-electron chi connectivity index (χ3n) is 3.19. The highest BCUT2D eigenvalue weighted by molar-refractivity contribution is 5.27. The molecule has 1 rings (SSSR count). The summed E-state index contributed by atoms with van der Waals surface area (Å²) in [6, 6.07) is 9.34. The first kappa shape index (κ1) is 14.2. The molecule has 96 valence electrons. The smallest absolute Gasteiger partial charge is 0.0239 e. The number of hydrogen-bond acceptors (Lipinski definition) is 2. The lowest BCUT2D eigenvalue weighted by molar-refractivity contribution is 0.224. The minimum absolute atomic E-state index is 0.604. The molecule has 0 amide bonds. The van der Waals surface area contributed by atoms with Gasteiger partial charge in [-0.25, -0.2) is 0 Å². The van der Waals surface area contributed by atoms with Crippen LogP contribution in [0.2, 0.25) is 0 Å². The summed E-state index contributed by atoms with van der Waals surface area (Å²) in [5, 5.41) is 3.41. The molecule has 0 atom stereocenters. The molecule has 0 aliphatic rings. The van der Waals surface area contributed by atoms with E-state index in [1.54, 1.807) is 0 Å². The quantitative estimate of drug-likeness (QED) is 0.780. The predicted octanol–water partition coefficient (Wildman–Crippen LogP) is 3.03. The maximum atomic E-state index is 3.41. The van der Waals surface area contributed by atoms with Crippen molar-refractivity contribution in [3.8, 4) is 0 Å². The molecule has 1 N–H and O–H groups in total. The molecule has 0 bridgehead atoms. The second-order valence-electron chi connectivity index (χ2n) is 4.71. The van der Waals surface area contributed by atoms with Crippen molar-refractivity contribution in [1.82, 2.24) is 10.2 Å². The SMILES string of the molecule is CCNCc1ccccc1CN(CC)C(C)C. The first-order valence-corrected chi connectivity index (χ1v) is 6.70. The summed E-state index contributed by atoms with van der Waals surface area (Å²) < 4.78 is 0. The highest BCUT2D eigenvalue weighted by Gasteiger charge is 2.09. The average molecular weight is 234 g/mol. The number of benzene rings is 1. The molecular weight excluding hydrogens is 208 g/mol. The third-order valence-corrected chi connectivity index (χ3v) is 3.19. The van der Waals surface area contributed by atoms with Crippen molar-refractivity contribution in [3.63, 3.8) is 0 Å². The van der Waals surface area contributed by atoms with E-state index in [-0.39, 0.29) is 0 Å². The van der Waals surface area contributed by atoms with E-state index in [4.69, 9.17) is 0 Å². The molecule has 17 heavy (non-hydrogen) atoms. The van der Waals surface area contributed by atoms with Crippen LogP contribution in [0.3, 0.4) is 0 Å². The highest BCUT2D eigenvalue weighted by atomic mass is 15.1. The minimum atomic E-state index is 0.604. The van der Waals surface area contributed by atoms with E-state index in [2.05, 4.69) is 62.2 Å². The Bertz CT molecular complexity index is 320. The largest absolute Gasteiger partial charge is 0.313 e. The van der Waals surface area contributed by atoms with Crippen LogP contribution in [-0.4, -0.2) is 24.0 Å². The molecule has 1 aromatic carbocycles. The van der Waals surface area contributed by atoms with Crippen LogP contribution in [-0.2, 0) is 13.1 Å². The molecule has 0 unspecified atom stereocenters. The zero-order chi connectivity index (χ0) is 12.7. The zero-order valence-corrected chi connectivity index (χ0v) is 11.7. The number of rotatable bonds is 7. The monoisotopic (exact) mass is 234 g/mol. The Kier molecular flexibility index (Phi) is 6.23. The standard InChI is InChI=1S/C15H26N2/c1-5-16-11-14-9-7-8-10-15(14)12-17(6-2)13(3)4/h7-10,13,16H,5-6,11-12H2,1-4H3.